The van der Waals surface area contributed by atoms with Gasteiger partial charge in [0.25, 0.3) is 5.91 Å². The summed E-state index contributed by atoms with van der Waals surface area (Å²) in [7, 11) is 3.49. The molecule has 6 nitrogen and oxygen atoms in total. The number of nitrogens with zero attached hydrogens (tertiary/aromatic N) is 4. The van der Waals surface area contributed by atoms with Gasteiger partial charge in [-0.15, -0.1) is 0 Å². The average molecular weight is 298 g/mol. The van der Waals surface area contributed by atoms with Crippen molar-refractivity contribution in [1.82, 2.24) is 19.6 Å². The first-order valence-electron chi connectivity index (χ1n) is 7.19. The summed E-state index contributed by atoms with van der Waals surface area (Å²) in [6, 6.07) is 9.62. The maximum atomic E-state index is 12.6. The molecule has 2 heterocycles. The zero-order valence-corrected chi connectivity index (χ0v) is 12.7. The Balaban J connectivity index is 1.81. The van der Waals surface area contributed by atoms with E-state index in [0.29, 0.717) is 30.8 Å². The minimum absolute atomic E-state index is 0.109. The van der Waals surface area contributed by atoms with Gasteiger partial charge in [0.2, 0.25) is 0 Å². The molecule has 0 N–H and O–H groups in total. The number of rotatable bonds is 3. The molecule has 6 heteroatoms. The number of fused-ring (bicyclic) bond motifs is 1. The van der Waals surface area contributed by atoms with Crippen LogP contribution in [0.3, 0.4) is 0 Å². The number of carbonyl (C=O) groups excluding carboxylic acids is 2. The summed E-state index contributed by atoms with van der Waals surface area (Å²) in [4.78, 5) is 27.9. The molecule has 0 fully saturated rings. The number of benzene rings is 1. The fraction of sp³-hybridized carbons (Fsp3) is 0.312. The number of hydrogen-bond donors (Lipinski definition) is 0. The van der Waals surface area contributed by atoms with Crippen LogP contribution >= 0.6 is 0 Å². The van der Waals surface area contributed by atoms with Gasteiger partial charge in [-0.2, -0.15) is 9.78 Å². The third-order valence-corrected chi connectivity index (χ3v) is 3.90. The quantitative estimate of drug-likeness (QED) is 0.865. The molecular formula is C16H18N4O2. The van der Waals surface area contributed by atoms with Gasteiger partial charge in [0.15, 0.2) is 0 Å². The smallest absolute Gasteiger partial charge is 0.337 e. The Bertz CT molecular complexity index is 708. The van der Waals surface area contributed by atoms with E-state index in [1.807, 2.05) is 30.3 Å². The molecular weight excluding hydrogens is 280 g/mol. The molecule has 114 valence electrons. The normalized spacial score (nSPS) is 13.9. The van der Waals surface area contributed by atoms with Gasteiger partial charge < -0.3 is 9.80 Å². The molecule has 0 saturated heterocycles. The van der Waals surface area contributed by atoms with Crippen LogP contribution in [0.4, 0.5) is 4.79 Å². The third kappa shape index (κ3) is 2.47. The molecule has 22 heavy (non-hydrogen) atoms. The van der Waals surface area contributed by atoms with E-state index >= 15 is 0 Å². The predicted octanol–water partition coefficient (Wildman–Crippen LogP) is 1.61. The van der Waals surface area contributed by atoms with Gasteiger partial charge >= 0.3 is 6.03 Å². The minimum atomic E-state index is -0.189. The van der Waals surface area contributed by atoms with Gasteiger partial charge in [-0.25, -0.2) is 4.79 Å². The van der Waals surface area contributed by atoms with E-state index in [4.69, 9.17) is 0 Å². The Morgan fingerprint density at radius 3 is 2.77 bits per heavy atom. The van der Waals surface area contributed by atoms with Crippen molar-refractivity contribution in [2.75, 3.05) is 20.6 Å². The first-order valence-corrected chi connectivity index (χ1v) is 7.19. The maximum Gasteiger partial charge on any atom is 0.344 e. The Morgan fingerprint density at radius 1 is 1.32 bits per heavy atom. The number of amides is 2. The fourth-order valence-corrected chi connectivity index (χ4v) is 2.62. The van der Waals surface area contributed by atoms with Crippen LogP contribution in [-0.4, -0.2) is 52.2 Å². The molecule has 0 aliphatic carbocycles. The largest absolute Gasteiger partial charge is 0.344 e. The van der Waals surface area contributed by atoms with Gasteiger partial charge in [-0.1, -0.05) is 30.3 Å². The van der Waals surface area contributed by atoms with Crippen molar-refractivity contribution in [2.45, 2.75) is 13.0 Å². The zero-order chi connectivity index (χ0) is 15.7. The molecule has 0 bridgehead atoms. The summed E-state index contributed by atoms with van der Waals surface area (Å²) in [5.41, 5.74) is 2.28. The lowest BCUT2D eigenvalue weighted by molar-refractivity contribution is 0.0783. The highest BCUT2D eigenvalue weighted by Gasteiger charge is 2.28. The molecule has 2 amide bonds. The van der Waals surface area contributed by atoms with Gasteiger partial charge in [-0.05, 0) is 5.56 Å². The lowest BCUT2D eigenvalue weighted by Crippen LogP contribution is -2.40. The highest BCUT2D eigenvalue weighted by molar-refractivity contribution is 5.96. The van der Waals surface area contributed by atoms with Crippen LogP contribution in [0.15, 0.2) is 36.5 Å². The summed E-state index contributed by atoms with van der Waals surface area (Å²) in [5.74, 6) is -0.109. The van der Waals surface area contributed by atoms with Gasteiger partial charge in [0.05, 0.1) is 17.5 Å². The first-order chi connectivity index (χ1) is 10.6. The Morgan fingerprint density at radius 2 is 2.05 bits per heavy atom. The van der Waals surface area contributed by atoms with E-state index in [0.717, 1.165) is 5.56 Å². The monoisotopic (exact) mass is 298 g/mol. The summed E-state index contributed by atoms with van der Waals surface area (Å²) >= 11 is 0. The molecule has 1 aliphatic rings. The molecule has 0 atom stereocenters. The van der Waals surface area contributed by atoms with Crippen molar-refractivity contribution < 1.29 is 9.59 Å². The molecule has 3 rings (SSSR count). The van der Waals surface area contributed by atoms with Crippen molar-refractivity contribution in [3.8, 4) is 0 Å². The van der Waals surface area contributed by atoms with Gasteiger partial charge in [-0.3, -0.25) is 4.79 Å². The molecule has 2 aromatic rings. The molecule has 0 radical (unpaired) electrons. The van der Waals surface area contributed by atoms with Gasteiger partial charge in [0.1, 0.15) is 0 Å². The van der Waals surface area contributed by atoms with Crippen molar-refractivity contribution in [3.63, 3.8) is 0 Å². The second-order valence-electron chi connectivity index (χ2n) is 5.52. The van der Waals surface area contributed by atoms with E-state index < -0.39 is 0 Å². The third-order valence-electron chi connectivity index (χ3n) is 3.90. The SMILES string of the molecule is CN(Cc1ccccc1)C(=O)c1cnn2c1CCN(C)C2=O. The topological polar surface area (TPSA) is 58.4 Å². The highest BCUT2D eigenvalue weighted by Crippen LogP contribution is 2.18. The lowest BCUT2D eigenvalue weighted by Gasteiger charge is -2.24. The van der Waals surface area contributed by atoms with E-state index in [-0.39, 0.29) is 11.9 Å². The second kappa shape index (κ2) is 5.63. The first kappa shape index (κ1) is 14.3. The van der Waals surface area contributed by atoms with Crippen LogP contribution in [0.2, 0.25) is 0 Å². The van der Waals surface area contributed by atoms with Crippen LogP contribution < -0.4 is 0 Å². The maximum absolute atomic E-state index is 12.6. The highest BCUT2D eigenvalue weighted by atomic mass is 16.2. The van der Waals surface area contributed by atoms with Crippen molar-refractivity contribution >= 4 is 11.9 Å². The number of hydrogen-bond acceptors (Lipinski definition) is 3. The number of aromatic nitrogens is 2. The van der Waals surface area contributed by atoms with Gasteiger partial charge in [0, 0.05) is 33.6 Å². The van der Waals surface area contributed by atoms with Crippen LogP contribution in [0.5, 0.6) is 0 Å². The summed E-state index contributed by atoms with van der Waals surface area (Å²) in [5, 5.41) is 4.08. The summed E-state index contributed by atoms with van der Waals surface area (Å²) in [6.45, 7) is 1.13. The van der Waals surface area contributed by atoms with Crippen molar-refractivity contribution in [2.24, 2.45) is 0 Å². The fourth-order valence-electron chi connectivity index (χ4n) is 2.62. The molecule has 1 aliphatic heterocycles. The van der Waals surface area contributed by atoms with Crippen molar-refractivity contribution in [1.29, 1.82) is 0 Å². The van der Waals surface area contributed by atoms with Crippen LogP contribution in [0.25, 0.3) is 0 Å². The van der Waals surface area contributed by atoms with E-state index in [1.54, 1.807) is 23.9 Å². The average Bonchev–Trinajstić information content (AvgIpc) is 2.95. The number of likely N-dealkylation sites (N-methyl/N-ethyl adjacent to an activating group) is 1. The standard InChI is InChI=1S/C16H18N4O2/c1-18-9-8-14-13(10-17-20(14)16(18)22)15(21)19(2)11-12-6-4-3-5-7-12/h3-7,10H,8-9,11H2,1-2H3. The van der Waals surface area contributed by atoms with E-state index in [2.05, 4.69) is 5.10 Å². The summed E-state index contributed by atoms with van der Waals surface area (Å²) in [6.07, 6.45) is 2.14. The van der Waals surface area contributed by atoms with E-state index in [9.17, 15) is 9.59 Å². The predicted molar refractivity (Wildman–Crippen MR) is 81.6 cm³/mol. The zero-order valence-electron chi connectivity index (χ0n) is 12.7. The number of carbonyl (C=O) groups is 2. The Hall–Kier alpha value is -2.63. The minimum Gasteiger partial charge on any atom is -0.337 e. The van der Waals surface area contributed by atoms with Crippen LogP contribution in [0, 0.1) is 0 Å². The Labute approximate surface area is 128 Å². The molecule has 0 saturated carbocycles. The second-order valence-corrected chi connectivity index (χ2v) is 5.52. The van der Waals surface area contributed by atoms with Crippen LogP contribution in [-0.2, 0) is 13.0 Å². The molecule has 0 spiro atoms. The molecule has 1 aromatic carbocycles. The Kier molecular flexibility index (Phi) is 3.66. The molecule has 1 aromatic heterocycles. The lowest BCUT2D eigenvalue weighted by atomic mass is 10.1. The van der Waals surface area contributed by atoms with E-state index in [1.165, 1.54) is 10.9 Å². The summed E-state index contributed by atoms with van der Waals surface area (Å²) < 4.78 is 1.33. The van der Waals surface area contributed by atoms with Crippen molar-refractivity contribution in [3.05, 3.63) is 53.3 Å². The van der Waals surface area contributed by atoms with Crippen LogP contribution in [0.1, 0.15) is 21.6 Å². The molecule has 0 unspecified atom stereocenters.